The van der Waals surface area contributed by atoms with Gasteiger partial charge in [0.15, 0.2) is 6.17 Å². The number of hydrogen-bond acceptors (Lipinski definition) is 3. The lowest BCUT2D eigenvalue weighted by molar-refractivity contribution is 0.402. The van der Waals surface area contributed by atoms with Crippen molar-refractivity contribution in [2.75, 3.05) is 4.90 Å². The van der Waals surface area contributed by atoms with Gasteiger partial charge in [-0.2, -0.15) is 0 Å². The average Bonchev–Trinajstić information content (AvgIpc) is 3.84. The summed E-state index contributed by atoms with van der Waals surface area (Å²) in [6.45, 7) is 4.62. The molecule has 0 spiro atoms. The Labute approximate surface area is 311 Å². The predicted molar refractivity (Wildman–Crippen MR) is 219 cm³/mol. The SMILES string of the molecule is CC1(C)c2ccccc2N(c2ccccc2)c2cc3c(cc21)c1ccc(C(F)c2ccc4c5ccccc5n5ccnc5c4c2)cc1n3-c1ccccn1. The van der Waals surface area contributed by atoms with Crippen molar-refractivity contribution < 1.29 is 4.39 Å². The van der Waals surface area contributed by atoms with Crippen LogP contribution in [0.15, 0.2) is 164 Å². The molecule has 5 heterocycles. The second-order valence-electron chi connectivity index (χ2n) is 14.8. The van der Waals surface area contributed by atoms with Crippen LogP contribution in [0.25, 0.3) is 54.9 Å². The van der Waals surface area contributed by atoms with Gasteiger partial charge < -0.3 is 4.90 Å². The Hall–Kier alpha value is -6.79. The molecular formula is C48H34FN5. The highest BCUT2D eigenvalue weighted by Gasteiger charge is 2.37. The quantitative estimate of drug-likeness (QED) is 0.172. The van der Waals surface area contributed by atoms with E-state index in [2.05, 4.69) is 118 Å². The van der Waals surface area contributed by atoms with Gasteiger partial charge in [0.05, 0.1) is 27.9 Å². The molecule has 1 aliphatic heterocycles. The molecule has 0 saturated carbocycles. The molecule has 6 aromatic carbocycles. The van der Waals surface area contributed by atoms with E-state index in [0.29, 0.717) is 11.1 Å². The average molecular weight is 700 g/mol. The number of hydrogen-bond donors (Lipinski definition) is 0. The van der Waals surface area contributed by atoms with Gasteiger partial charge in [0.25, 0.3) is 0 Å². The van der Waals surface area contributed by atoms with Gasteiger partial charge in [0, 0.05) is 51.2 Å². The van der Waals surface area contributed by atoms with E-state index < -0.39 is 6.17 Å². The lowest BCUT2D eigenvalue weighted by Crippen LogP contribution is -2.30. The van der Waals surface area contributed by atoms with Gasteiger partial charge in [-0.25, -0.2) is 14.4 Å². The molecular weight excluding hydrogens is 666 g/mol. The number of aromatic nitrogens is 4. The molecule has 6 heteroatoms. The first-order chi connectivity index (χ1) is 26.5. The van der Waals surface area contributed by atoms with Crippen molar-refractivity contribution in [3.05, 3.63) is 186 Å². The smallest absolute Gasteiger partial charge is 0.150 e. The molecule has 10 aromatic rings. The zero-order valence-corrected chi connectivity index (χ0v) is 29.8. The minimum absolute atomic E-state index is 0.267. The number of para-hydroxylation sites is 3. The Morgan fingerprint density at radius 3 is 2.11 bits per heavy atom. The number of anilines is 3. The monoisotopic (exact) mass is 699 g/mol. The highest BCUT2D eigenvalue weighted by atomic mass is 19.1. The highest BCUT2D eigenvalue weighted by Crippen LogP contribution is 2.53. The molecule has 0 radical (unpaired) electrons. The fraction of sp³-hybridized carbons (Fsp3) is 0.0833. The van der Waals surface area contributed by atoms with E-state index in [1.54, 1.807) is 0 Å². The third-order valence-corrected chi connectivity index (χ3v) is 11.5. The fourth-order valence-corrected chi connectivity index (χ4v) is 8.91. The molecule has 0 aliphatic carbocycles. The highest BCUT2D eigenvalue weighted by molar-refractivity contribution is 6.13. The van der Waals surface area contributed by atoms with Crippen molar-refractivity contribution in [2.45, 2.75) is 25.4 Å². The zero-order valence-electron chi connectivity index (χ0n) is 29.8. The van der Waals surface area contributed by atoms with Gasteiger partial charge in [0.1, 0.15) is 11.5 Å². The number of rotatable bonds is 4. The van der Waals surface area contributed by atoms with Crippen LogP contribution in [-0.2, 0) is 5.41 Å². The summed E-state index contributed by atoms with van der Waals surface area (Å²) in [5, 5.41) is 5.26. The number of alkyl halides is 1. The Balaban J connectivity index is 1.14. The predicted octanol–water partition coefficient (Wildman–Crippen LogP) is 12.3. The third-order valence-electron chi connectivity index (χ3n) is 11.5. The standard InChI is InChI=1S/C48H34FN5/c1-48(2)38-15-7-9-17-41(38)53(32-12-4-3-5-13-32)44-29-43-36(28-39(44)48)35-22-20-31(27-42(35)54(43)45-18-10-11-23-50-45)46(49)30-19-21-33-34-14-6-8-16-40(34)52-25-24-51-47(52)37(33)26-30/h3-29,46H,1-2H3. The summed E-state index contributed by atoms with van der Waals surface area (Å²) in [6.07, 6.45) is 4.24. The van der Waals surface area contributed by atoms with Crippen LogP contribution in [0, 0.1) is 0 Å². The first kappa shape index (κ1) is 30.8. The van der Waals surface area contributed by atoms with Crippen LogP contribution in [0.1, 0.15) is 42.3 Å². The maximum atomic E-state index is 17.0. The minimum atomic E-state index is -1.36. The molecule has 0 bridgehead atoms. The van der Waals surface area contributed by atoms with E-state index >= 15 is 4.39 Å². The van der Waals surface area contributed by atoms with E-state index in [9.17, 15) is 0 Å². The van der Waals surface area contributed by atoms with Crippen molar-refractivity contribution in [3.63, 3.8) is 0 Å². The van der Waals surface area contributed by atoms with Crippen LogP contribution < -0.4 is 4.90 Å². The lowest BCUT2D eigenvalue weighted by atomic mass is 9.73. The number of halogens is 1. The largest absolute Gasteiger partial charge is 0.310 e. The first-order valence-corrected chi connectivity index (χ1v) is 18.4. The number of pyridine rings is 2. The molecule has 0 N–H and O–H groups in total. The summed E-state index contributed by atoms with van der Waals surface area (Å²) in [7, 11) is 0. The van der Waals surface area contributed by atoms with Gasteiger partial charge >= 0.3 is 0 Å². The number of imidazole rings is 1. The second-order valence-corrected chi connectivity index (χ2v) is 14.8. The third kappa shape index (κ3) is 4.31. The van der Waals surface area contributed by atoms with E-state index in [4.69, 9.17) is 4.98 Å². The van der Waals surface area contributed by atoms with Crippen LogP contribution in [0.2, 0.25) is 0 Å². The van der Waals surface area contributed by atoms with E-state index in [1.807, 2.05) is 79.3 Å². The van der Waals surface area contributed by atoms with Crippen LogP contribution in [0.3, 0.4) is 0 Å². The summed E-state index contributed by atoms with van der Waals surface area (Å²) in [5.74, 6) is 0.783. The molecule has 1 atom stereocenters. The Morgan fingerprint density at radius 2 is 1.26 bits per heavy atom. The van der Waals surface area contributed by atoms with Gasteiger partial charge in [-0.3, -0.25) is 8.97 Å². The molecule has 0 fully saturated rings. The molecule has 258 valence electrons. The lowest BCUT2D eigenvalue weighted by Gasteiger charge is -2.42. The Kier molecular flexibility index (Phi) is 6.48. The van der Waals surface area contributed by atoms with Crippen molar-refractivity contribution in [1.29, 1.82) is 0 Å². The van der Waals surface area contributed by atoms with Crippen molar-refractivity contribution in [1.82, 2.24) is 18.9 Å². The Bertz CT molecular complexity index is 3110. The van der Waals surface area contributed by atoms with Crippen LogP contribution >= 0.6 is 0 Å². The van der Waals surface area contributed by atoms with Gasteiger partial charge in [-0.15, -0.1) is 0 Å². The van der Waals surface area contributed by atoms with Crippen molar-refractivity contribution in [2.24, 2.45) is 0 Å². The zero-order chi connectivity index (χ0) is 36.1. The molecule has 4 aromatic heterocycles. The molecule has 0 amide bonds. The second kappa shape index (κ2) is 11.4. The van der Waals surface area contributed by atoms with Gasteiger partial charge in [-0.05, 0) is 88.3 Å². The van der Waals surface area contributed by atoms with E-state index in [-0.39, 0.29) is 5.41 Å². The molecule has 1 unspecified atom stereocenters. The van der Waals surface area contributed by atoms with Crippen molar-refractivity contribution in [3.8, 4) is 5.82 Å². The molecule has 0 saturated heterocycles. The molecule has 1 aliphatic rings. The summed E-state index contributed by atoms with van der Waals surface area (Å²) >= 11 is 0. The fourth-order valence-electron chi connectivity index (χ4n) is 8.91. The molecule has 11 rings (SSSR count). The normalized spacial score (nSPS) is 14.2. The molecule has 5 nitrogen and oxygen atoms in total. The summed E-state index contributed by atoms with van der Waals surface area (Å²) in [6, 6.07) is 50.2. The summed E-state index contributed by atoms with van der Waals surface area (Å²) in [4.78, 5) is 11.9. The van der Waals surface area contributed by atoms with Crippen LogP contribution in [0.5, 0.6) is 0 Å². The number of fused-ring (bicyclic) bond motifs is 11. The molecule has 54 heavy (non-hydrogen) atoms. The van der Waals surface area contributed by atoms with Crippen LogP contribution in [-0.4, -0.2) is 18.9 Å². The van der Waals surface area contributed by atoms with Crippen molar-refractivity contribution >= 4 is 66.2 Å². The van der Waals surface area contributed by atoms with E-state index in [0.717, 1.165) is 66.3 Å². The number of nitrogens with zero attached hydrogens (tertiary/aromatic N) is 5. The summed E-state index contributed by atoms with van der Waals surface area (Å²) < 4.78 is 21.3. The maximum Gasteiger partial charge on any atom is 0.150 e. The summed E-state index contributed by atoms with van der Waals surface area (Å²) in [5.41, 5.74) is 10.6. The van der Waals surface area contributed by atoms with Crippen LogP contribution in [0.4, 0.5) is 21.5 Å². The first-order valence-electron chi connectivity index (χ1n) is 18.4. The maximum absolute atomic E-state index is 17.0. The minimum Gasteiger partial charge on any atom is -0.310 e. The number of benzene rings is 6. The van der Waals surface area contributed by atoms with E-state index in [1.165, 1.54) is 16.8 Å². The van der Waals surface area contributed by atoms with Gasteiger partial charge in [-0.1, -0.05) is 98.8 Å². The Morgan fingerprint density at radius 1 is 0.537 bits per heavy atom. The topological polar surface area (TPSA) is 38.4 Å². The van der Waals surface area contributed by atoms with Gasteiger partial charge in [0.2, 0.25) is 0 Å².